The Morgan fingerprint density at radius 3 is 2.40 bits per heavy atom. The highest BCUT2D eigenvalue weighted by Gasteiger charge is 2.40. The third-order valence-corrected chi connectivity index (χ3v) is 6.01. The quantitative estimate of drug-likeness (QED) is 0.635. The molecule has 0 N–H and O–H groups in total. The number of carbonyl (C=O) groups is 2. The number of benzene rings is 2. The summed E-state index contributed by atoms with van der Waals surface area (Å²) in [6, 6.07) is 14.8. The van der Waals surface area contributed by atoms with E-state index in [1.165, 1.54) is 0 Å². The summed E-state index contributed by atoms with van der Waals surface area (Å²) in [7, 11) is 1.95. The largest absolute Gasteiger partial charge is 0.355 e. The number of para-hydroxylation sites is 3. The number of carbonyl (C=O) groups excluding carboxylic acids is 2. The van der Waals surface area contributed by atoms with Gasteiger partial charge in [-0.2, -0.15) is 0 Å². The first-order chi connectivity index (χ1) is 14.5. The number of nitrogens with zero attached hydrogens (tertiary/aromatic N) is 5. The van der Waals surface area contributed by atoms with E-state index in [1.54, 1.807) is 21.9 Å². The van der Waals surface area contributed by atoms with Gasteiger partial charge >= 0.3 is 0 Å². The van der Waals surface area contributed by atoms with Crippen molar-refractivity contribution in [3.05, 3.63) is 53.6 Å². The number of aromatic nitrogens is 2. The number of hydrogen-bond donors (Lipinski definition) is 0. The number of hydrogen-bond acceptors (Lipinski definition) is 5. The van der Waals surface area contributed by atoms with Crippen molar-refractivity contribution >= 4 is 51.8 Å². The Balaban J connectivity index is 1.46. The molecule has 2 amide bonds. The fourth-order valence-electron chi connectivity index (χ4n) is 4.09. The van der Waals surface area contributed by atoms with Crippen LogP contribution in [0.5, 0.6) is 0 Å². The van der Waals surface area contributed by atoms with Gasteiger partial charge in [0.05, 0.1) is 27.7 Å². The van der Waals surface area contributed by atoms with E-state index in [4.69, 9.17) is 21.6 Å². The highest BCUT2D eigenvalue weighted by molar-refractivity contribution is 6.34. The topological polar surface area (TPSA) is 69.6 Å². The summed E-state index contributed by atoms with van der Waals surface area (Å²) in [5.41, 5.74) is 2.17. The van der Waals surface area contributed by atoms with Gasteiger partial charge in [-0.05, 0) is 24.3 Å². The molecule has 3 heterocycles. The van der Waals surface area contributed by atoms with Crippen LogP contribution in [0.15, 0.2) is 48.5 Å². The van der Waals surface area contributed by atoms with Crippen LogP contribution in [0.25, 0.3) is 11.0 Å². The van der Waals surface area contributed by atoms with E-state index in [1.807, 2.05) is 48.3 Å². The van der Waals surface area contributed by atoms with E-state index in [2.05, 4.69) is 0 Å². The van der Waals surface area contributed by atoms with Crippen molar-refractivity contribution < 1.29 is 9.59 Å². The molecule has 2 aromatic carbocycles. The number of fused-ring (bicyclic) bond motifs is 2. The molecule has 1 atom stereocenters. The van der Waals surface area contributed by atoms with Gasteiger partial charge in [0.1, 0.15) is 0 Å². The Kier molecular flexibility index (Phi) is 4.55. The average molecular weight is 422 g/mol. The molecule has 0 aliphatic carbocycles. The van der Waals surface area contributed by atoms with E-state index in [-0.39, 0.29) is 18.2 Å². The number of amides is 2. The zero-order chi connectivity index (χ0) is 20.8. The maximum atomic E-state index is 13.4. The monoisotopic (exact) mass is 421 g/mol. The summed E-state index contributed by atoms with van der Waals surface area (Å²) in [6.45, 7) is 1.47. The fourth-order valence-corrected chi connectivity index (χ4v) is 4.33. The fraction of sp³-hybridized carbons (Fsp3) is 0.273. The van der Waals surface area contributed by atoms with Gasteiger partial charge in [-0.3, -0.25) is 14.5 Å². The van der Waals surface area contributed by atoms with Gasteiger partial charge in [-0.25, -0.2) is 9.97 Å². The molecule has 152 valence electrons. The van der Waals surface area contributed by atoms with Crippen LogP contribution in [0, 0.1) is 5.92 Å². The molecule has 1 unspecified atom stereocenters. The molecule has 3 aromatic rings. The van der Waals surface area contributed by atoms with Crippen LogP contribution in [0.4, 0.5) is 17.3 Å². The molecule has 2 aliphatic heterocycles. The summed E-state index contributed by atoms with van der Waals surface area (Å²) in [5, 5.41) is 0.501. The van der Waals surface area contributed by atoms with E-state index < -0.39 is 5.92 Å². The first kappa shape index (κ1) is 18.8. The van der Waals surface area contributed by atoms with Crippen molar-refractivity contribution in [2.24, 2.45) is 5.92 Å². The molecule has 8 heteroatoms. The molecule has 0 radical (unpaired) electrons. The molecule has 30 heavy (non-hydrogen) atoms. The second-order valence-electron chi connectivity index (χ2n) is 7.63. The van der Waals surface area contributed by atoms with Crippen molar-refractivity contribution in [3.63, 3.8) is 0 Å². The first-order valence-corrected chi connectivity index (χ1v) is 10.2. The summed E-state index contributed by atoms with van der Waals surface area (Å²) in [6.07, 6.45) is 0.159. The highest BCUT2D eigenvalue weighted by Crippen LogP contribution is 2.35. The minimum Gasteiger partial charge on any atom is -0.355 e. The van der Waals surface area contributed by atoms with E-state index in [0.29, 0.717) is 42.0 Å². The first-order valence-electron chi connectivity index (χ1n) is 9.87. The normalized spacial score (nSPS) is 18.8. The zero-order valence-corrected chi connectivity index (χ0v) is 17.2. The minimum absolute atomic E-state index is 0.0969. The Bertz CT molecular complexity index is 1170. The van der Waals surface area contributed by atoms with Crippen LogP contribution >= 0.6 is 11.6 Å². The van der Waals surface area contributed by atoms with Crippen LogP contribution in [0.1, 0.15) is 6.42 Å². The number of rotatable bonds is 2. The molecule has 5 rings (SSSR count). The molecule has 0 spiro atoms. The summed E-state index contributed by atoms with van der Waals surface area (Å²) in [4.78, 5) is 40.8. The molecular formula is C22H20ClN5O2. The van der Waals surface area contributed by atoms with Crippen LogP contribution in [-0.4, -0.2) is 48.5 Å². The molecule has 1 aromatic heterocycles. The summed E-state index contributed by atoms with van der Waals surface area (Å²) < 4.78 is 0. The van der Waals surface area contributed by atoms with Crippen LogP contribution in [0.3, 0.4) is 0 Å². The lowest BCUT2D eigenvalue weighted by molar-refractivity contribution is -0.124. The van der Waals surface area contributed by atoms with Crippen LogP contribution in [-0.2, 0) is 9.59 Å². The Labute approximate surface area is 178 Å². The number of anilines is 3. The standard InChI is InChI=1S/C22H20ClN5O2/c1-26-10-11-27(21-20(26)24-16-7-3-4-8-17(16)25-21)22(30)14-12-19(29)28(13-14)18-9-5-2-6-15(18)23/h2-9,14H,10-13H2,1H3. The summed E-state index contributed by atoms with van der Waals surface area (Å²) in [5.74, 6) is 0.590. The third-order valence-electron chi connectivity index (χ3n) is 5.69. The second kappa shape index (κ2) is 7.25. The van der Waals surface area contributed by atoms with Gasteiger partial charge in [-0.15, -0.1) is 0 Å². The zero-order valence-electron chi connectivity index (χ0n) is 16.5. The van der Waals surface area contributed by atoms with Crippen LogP contribution in [0.2, 0.25) is 5.02 Å². The molecular weight excluding hydrogens is 402 g/mol. The van der Waals surface area contributed by atoms with Crippen molar-refractivity contribution in [1.29, 1.82) is 0 Å². The molecule has 7 nitrogen and oxygen atoms in total. The molecule has 1 fully saturated rings. The van der Waals surface area contributed by atoms with E-state index in [0.717, 1.165) is 11.0 Å². The highest BCUT2D eigenvalue weighted by atomic mass is 35.5. The SMILES string of the molecule is CN1CCN(C(=O)C2CC(=O)N(c3ccccc3Cl)C2)c2nc3ccccc3nc21. The van der Waals surface area contributed by atoms with Gasteiger partial charge in [0.2, 0.25) is 11.8 Å². The van der Waals surface area contributed by atoms with Gasteiger partial charge in [0.15, 0.2) is 11.6 Å². The van der Waals surface area contributed by atoms with Crippen molar-refractivity contribution in [3.8, 4) is 0 Å². The molecule has 0 bridgehead atoms. The second-order valence-corrected chi connectivity index (χ2v) is 8.03. The average Bonchev–Trinajstić information content (AvgIpc) is 3.14. The lowest BCUT2D eigenvalue weighted by atomic mass is 10.1. The maximum absolute atomic E-state index is 13.4. The Hall–Kier alpha value is -3.19. The van der Waals surface area contributed by atoms with E-state index in [9.17, 15) is 9.59 Å². The maximum Gasteiger partial charge on any atom is 0.233 e. The summed E-state index contributed by atoms with van der Waals surface area (Å²) >= 11 is 6.27. The van der Waals surface area contributed by atoms with Crippen molar-refractivity contribution in [1.82, 2.24) is 9.97 Å². The van der Waals surface area contributed by atoms with E-state index >= 15 is 0 Å². The van der Waals surface area contributed by atoms with Crippen molar-refractivity contribution in [2.45, 2.75) is 6.42 Å². The predicted octanol–water partition coefficient (Wildman–Crippen LogP) is 3.12. The lowest BCUT2D eigenvalue weighted by Gasteiger charge is -2.34. The Morgan fingerprint density at radius 2 is 1.67 bits per heavy atom. The van der Waals surface area contributed by atoms with Crippen LogP contribution < -0.4 is 14.7 Å². The van der Waals surface area contributed by atoms with Gasteiger partial charge in [0, 0.05) is 33.1 Å². The van der Waals surface area contributed by atoms with Crippen molar-refractivity contribution in [2.75, 3.05) is 41.4 Å². The number of halogens is 1. The predicted molar refractivity (Wildman–Crippen MR) is 117 cm³/mol. The molecule has 0 saturated carbocycles. The molecule has 2 aliphatic rings. The third kappa shape index (κ3) is 3.06. The molecule has 1 saturated heterocycles. The van der Waals surface area contributed by atoms with Gasteiger partial charge < -0.3 is 9.80 Å². The lowest BCUT2D eigenvalue weighted by Crippen LogP contribution is -2.46. The van der Waals surface area contributed by atoms with Gasteiger partial charge in [0.25, 0.3) is 0 Å². The number of likely N-dealkylation sites (N-methyl/N-ethyl adjacent to an activating group) is 1. The minimum atomic E-state index is -0.446. The Morgan fingerprint density at radius 1 is 1.00 bits per heavy atom. The smallest absolute Gasteiger partial charge is 0.233 e. The van der Waals surface area contributed by atoms with Gasteiger partial charge in [-0.1, -0.05) is 35.9 Å².